The Morgan fingerprint density at radius 3 is 3.12 bits per heavy atom. The molecule has 3 N–H and O–H groups in total. The molecular formula is C9H10N6O2. The molecule has 0 unspecified atom stereocenters. The van der Waals surface area contributed by atoms with Crippen molar-refractivity contribution in [2.75, 3.05) is 12.5 Å². The first-order valence-corrected chi connectivity index (χ1v) is 4.69. The SMILES string of the molecule is COc1cc(/C=N\Nc2nn[nH]n2)ccc1O. The van der Waals surface area contributed by atoms with Gasteiger partial charge >= 0.3 is 0 Å². The molecule has 0 aliphatic heterocycles. The van der Waals surface area contributed by atoms with Crippen LogP contribution in [0.3, 0.4) is 0 Å². The molecule has 2 aromatic rings. The van der Waals surface area contributed by atoms with Gasteiger partial charge in [-0.25, -0.2) is 5.43 Å². The Morgan fingerprint density at radius 1 is 1.53 bits per heavy atom. The molecule has 8 nitrogen and oxygen atoms in total. The van der Waals surface area contributed by atoms with Crippen LogP contribution in [0.2, 0.25) is 0 Å². The lowest BCUT2D eigenvalue weighted by Gasteiger charge is -2.03. The van der Waals surface area contributed by atoms with Crippen molar-refractivity contribution in [3.05, 3.63) is 23.8 Å². The number of nitrogens with zero attached hydrogens (tertiary/aromatic N) is 4. The van der Waals surface area contributed by atoms with Gasteiger partial charge in [-0.05, 0) is 29.0 Å². The number of tetrazole rings is 1. The highest BCUT2D eigenvalue weighted by Gasteiger charge is 2.00. The normalized spacial score (nSPS) is 10.6. The average Bonchev–Trinajstić information content (AvgIpc) is 2.84. The molecule has 0 aliphatic rings. The van der Waals surface area contributed by atoms with Crippen molar-refractivity contribution in [1.82, 2.24) is 20.6 Å². The number of ether oxygens (including phenoxy) is 1. The number of nitrogens with one attached hydrogen (secondary N) is 2. The summed E-state index contributed by atoms with van der Waals surface area (Å²) in [6.07, 6.45) is 1.54. The van der Waals surface area contributed by atoms with E-state index in [0.29, 0.717) is 5.75 Å². The minimum absolute atomic E-state index is 0.0794. The average molecular weight is 234 g/mol. The maximum Gasteiger partial charge on any atom is 0.283 e. The van der Waals surface area contributed by atoms with E-state index in [1.807, 2.05) is 0 Å². The quantitative estimate of drug-likeness (QED) is 0.520. The molecule has 17 heavy (non-hydrogen) atoms. The fourth-order valence-corrected chi connectivity index (χ4v) is 1.15. The number of anilines is 1. The van der Waals surface area contributed by atoms with Crippen LogP contribution in [0, 0.1) is 0 Å². The van der Waals surface area contributed by atoms with Crippen molar-refractivity contribution in [1.29, 1.82) is 0 Å². The number of hydrogen-bond acceptors (Lipinski definition) is 7. The minimum atomic E-state index is 0.0794. The number of phenols is 1. The number of aromatic amines is 1. The largest absolute Gasteiger partial charge is 0.504 e. The molecule has 0 bridgehead atoms. The summed E-state index contributed by atoms with van der Waals surface area (Å²) in [4.78, 5) is 0. The van der Waals surface area contributed by atoms with Crippen LogP contribution >= 0.6 is 0 Å². The molecule has 0 aliphatic carbocycles. The van der Waals surface area contributed by atoms with Gasteiger partial charge in [-0.1, -0.05) is 5.10 Å². The third-order valence-corrected chi connectivity index (χ3v) is 1.93. The highest BCUT2D eigenvalue weighted by atomic mass is 16.5. The number of hydrazone groups is 1. The molecule has 1 aromatic carbocycles. The molecule has 1 heterocycles. The van der Waals surface area contributed by atoms with Gasteiger partial charge in [-0.15, -0.1) is 5.10 Å². The lowest BCUT2D eigenvalue weighted by Crippen LogP contribution is -1.93. The van der Waals surface area contributed by atoms with Crippen LogP contribution in [0.15, 0.2) is 23.3 Å². The van der Waals surface area contributed by atoms with Crippen LogP contribution in [-0.2, 0) is 0 Å². The smallest absolute Gasteiger partial charge is 0.283 e. The summed E-state index contributed by atoms with van der Waals surface area (Å²) in [5.41, 5.74) is 3.34. The molecule has 0 amide bonds. The number of phenolic OH excluding ortho intramolecular Hbond substituents is 1. The zero-order valence-electron chi connectivity index (χ0n) is 8.95. The Bertz CT molecular complexity index is 510. The van der Waals surface area contributed by atoms with Crippen LogP contribution in [0.4, 0.5) is 5.95 Å². The molecule has 88 valence electrons. The van der Waals surface area contributed by atoms with E-state index in [9.17, 15) is 5.11 Å². The van der Waals surface area contributed by atoms with Crippen molar-refractivity contribution in [2.45, 2.75) is 0 Å². The van der Waals surface area contributed by atoms with Crippen molar-refractivity contribution in [3.8, 4) is 11.5 Å². The summed E-state index contributed by atoms with van der Waals surface area (Å²) in [6.45, 7) is 0. The summed E-state index contributed by atoms with van der Waals surface area (Å²) in [5, 5.41) is 26.2. The van der Waals surface area contributed by atoms with E-state index in [-0.39, 0.29) is 11.7 Å². The zero-order chi connectivity index (χ0) is 12.1. The van der Waals surface area contributed by atoms with Crippen LogP contribution in [-0.4, -0.2) is 39.1 Å². The fraction of sp³-hybridized carbons (Fsp3) is 0.111. The molecule has 0 spiro atoms. The predicted octanol–water partition coefficient (Wildman–Crippen LogP) is 0.360. The monoisotopic (exact) mass is 234 g/mol. The van der Waals surface area contributed by atoms with Gasteiger partial charge in [0, 0.05) is 0 Å². The summed E-state index contributed by atoms with van der Waals surface area (Å²) < 4.78 is 4.97. The zero-order valence-corrected chi connectivity index (χ0v) is 8.95. The molecule has 8 heteroatoms. The van der Waals surface area contributed by atoms with Gasteiger partial charge in [-0.3, -0.25) is 0 Å². The van der Waals surface area contributed by atoms with Gasteiger partial charge in [0.05, 0.1) is 13.3 Å². The van der Waals surface area contributed by atoms with Crippen molar-refractivity contribution >= 4 is 12.2 Å². The molecular weight excluding hydrogens is 224 g/mol. The Hall–Kier alpha value is -2.64. The number of H-pyrrole nitrogens is 1. The van der Waals surface area contributed by atoms with Crippen LogP contribution in [0.1, 0.15) is 5.56 Å². The first-order valence-electron chi connectivity index (χ1n) is 4.69. The number of benzene rings is 1. The van der Waals surface area contributed by atoms with Gasteiger partial charge in [-0.2, -0.15) is 10.3 Å². The second-order valence-electron chi connectivity index (χ2n) is 3.04. The molecule has 0 atom stereocenters. The highest BCUT2D eigenvalue weighted by Crippen LogP contribution is 2.25. The maximum absolute atomic E-state index is 9.39. The minimum Gasteiger partial charge on any atom is -0.504 e. The Labute approximate surface area is 96.3 Å². The van der Waals surface area contributed by atoms with E-state index in [1.165, 1.54) is 13.2 Å². The van der Waals surface area contributed by atoms with E-state index in [1.54, 1.807) is 18.3 Å². The second-order valence-corrected chi connectivity index (χ2v) is 3.04. The van der Waals surface area contributed by atoms with Crippen molar-refractivity contribution < 1.29 is 9.84 Å². The molecule has 0 saturated carbocycles. The number of rotatable bonds is 4. The number of aromatic hydroxyl groups is 1. The topological polar surface area (TPSA) is 108 Å². The van der Waals surface area contributed by atoms with Gasteiger partial charge in [0.25, 0.3) is 5.95 Å². The maximum atomic E-state index is 9.39. The van der Waals surface area contributed by atoms with E-state index in [2.05, 4.69) is 31.2 Å². The second kappa shape index (κ2) is 4.92. The summed E-state index contributed by atoms with van der Waals surface area (Å²) >= 11 is 0. The van der Waals surface area contributed by atoms with E-state index in [0.717, 1.165) is 5.56 Å². The summed E-state index contributed by atoms with van der Waals surface area (Å²) in [7, 11) is 1.48. The van der Waals surface area contributed by atoms with E-state index < -0.39 is 0 Å². The Morgan fingerprint density at radius 2 is 2.41 bits per heavy atom. The van der Waals surface area contributed by atoms with Crippen LogP contribution in [0.5, 0.6) is 11.5 Å². The molecule has 0 saturated heterocycles. The van der Waals surface area contributed by atoms with Gasteiger partial charge in [0.1, 0.15) is 0 Å². The van der Waals surface area contributed by atoms with Crippen molar-refractivity contribution in [2.24, 2.45) is 5.10 Å². The first kappa shape index (κ1) is 10.9. The van der Waals surface area contributed by atoms with E-state index >= 15 is 0 Å². The molecule has 2 rings (SSSR count). The fourth-order valence-electron chi connectivity index (χ4n) is 1.15. The van der Waals surface area contributed by atoms with Crippen molar-refractivity contribution in [3.63, 3.8) is 0 Å². The Kier molecular flexibility index (Phi) is 3.15. The van der Waals surface area contributed by atoms with Gasteiger partial charge < -0.3 is 9.84 Å². The van der Waals surface area contributed by atoms with Gasteiger partial charge in [0.15, 0.2) is 11.5 Å². The standard InChI is InChI=1S/C9H10N6O2/c1-17-8-4-6(2-3-7(8)16)5-10-11-9-12-14-15-13-9/h2-5,16H,1H3,(H2,11,12,13,14,15)/b10-5-. The molecule has 1 aromatic heterocycles. The van der Waals surface area contributed by atoms with Gasteiger partial charge in [0.2, 0.25) is 0 Å². The lowest BCUT2D eigenvalue weighted by molar-refractivity contribution is 0.373. The first-order chi connectivity index (χ1) is 8.29. The lowest BCUT2D eigenvalue weighted by atomic mass is 10.2. The number of methoxy groups -OCH3 is 1. The highest BCUT2D eigenvalue weighted by molar-refractivity contribution is 5.81. The summed E-state index contributed by atoms with van der Waals surface area (Å²) in [5.74, 6) is 0.733. The van der Waals surface area contributed by atoms with Crippen LogP contribution < -0.4 is 10.2 Å². The predicted molar refractivity (Wildman–Crippen MR) is 60.1 cm³/mol. The third-order valence-electron chi connectivity index (χ3n) is 1.93. The van der Waals surface area contributed by atoms with Crippen LogP contribution in [0.25, 0.3) is 0 Å². The number of aromatic nitrogens is 4. The number of hydrogen-bond donors (Lipinski definition) is 3. The summed E-state index contributed by atoms with van der Waals surface area (Å²) in [6, 6.07) is 4.87. The van der Waals surface area contributed by atoms with E-state index in [4.69, 9.17) is 4.74 Å². The third kappa shape index (κ3) is 2.68. The molecule has 0 fully saturated rings. The molecule has 0 radical (unpaired) electrons. The Balaban J connectivity index is 2.05.